The summed E-state index contributed by atoms with van der Waals surface area (Å²) in [6, 6.07) is 13.5. The van der Waals surface area contributed by atoms with Crippen molar-refractivity contribution in [2.24, 2.45) is 0 Å². The van der Waals surface area contributed by atoms with E-state index in [2.05, 4.69) is 24.0 Å². The number of fused-ring (bicyclic) bond motifs is 1. The first-order chi connectivity index (χ1) is 10.1. The number of benzene rings is 2. The number of halogens is 2. The van der Waals surface area contributed by atoms with Gasteiger partial charge in [0, 0.05) is 22.3 Å². The summed E-state index contributed by atoms with van der Waals surface area (Å²) in [5, 5.41) is 0.948. The van der Waals surface area contributed by atoms with E-state index < -0.39 is 0 Å². The van der Waals surface area contributed by atoms with E-state index in [1.54, 1.807) is 18.2 Å². The van der Waals surface area contributed by atoms with E-state index in [-0.39, 0.29) is 5.78 Å². The summed E-state index contributed by atoms with van der Waals surface area (Å²) in [5.41, 5.74) is 2.96. The van der Waals surface area contributed by atoms with Gasteiger partial charge in [-0.2, -0.15) is 0 Å². The molecule has 0 saturated heterocycles. The van der Waals surface area contributed by atoms with Crippen LogP contribution in [0.5, 0.6) is 0 Å². The van der Waals surface area contributed by atoms with Crippen molar-refractivity contribution in [3.63, 3.8) is 0 Å². The number of ketones is 1. The third-order valence-electron chi connectivity index (χ3n) is 3.89. The van der Waals surface area contributed by atoms with Gasteiger partial charge in [0.15, 0.2) is 5.78 Å². The molecule has 4 heteroatoms. The zero-order chi connectivity index (χ0) is 15.0. The molecule has 1 aliphatic heterocycles. The molecule has 0 radical (unpaired) electrons. The van der Waals surface area contributed by atoms with Crippen molar-refractivity contribution in [2.45, 2.75) is 19.4 Å². The fraction of sp³-hybridized carbons (Fsp3) is 0.235. The summed E-state index contributed by atoms with van der Waals surface area (Å²) in [6.45, 7) is 2.47. The van der Waals surface area contributed by atoms with Gasteiger partial charge in [0.2, 0.25) is 0 Å². The highest BCUT2D eigenvalue weighted by molar-refractivity contribution is 6.37. The van der Waals surface area contributed by atoms with Gasteiger partial charge < -0.3 is 4.90 Å². The highest BCUT2D eigenvalue weighted by atomic mass is 35.5. The Hall–Kier alpha value is -1.51. The molecule has 0 amide bonds. The number of anilines is 1. The zero-order valence-corrected chi connectivity index (χ0v) is 13.2. The van der Waals surface area contributed by atoms with Crippen molar-refractivity contribution in [1.82, 2.24) is 0 Å². The molecule has 0 spiro atoms. The van der Waals surface area contributed by atoms with E-state index in [4.69, 9.17) is 23.2 Å². The molecule has 0 aliphatic carbocycles. The van der Waals surface area contributed by atoms with Gasteiger partial charge in [-0.3, -0.25) is 4.79 Å². The summed E-state index contributed by atoms with van der Waals surface area (Å²) in [6.07, 6.45) is 0.970. The molecule has 0 bridgehead atoms. The van der Waals surface area contributed by atoms with Crippen LogP contribution in [0, 0.1) is 0 Å². The first-order valence-corrected chi connectivity index (χ1v) is 7.64. The second-order valence-corrected chi connectivity index (χ2v) is 6.20. The first-order valence-electron chi connectivity index (χ1n) is 6.89. The summed E-state index contributed by atoms with van der Waals surface area (Å²) >= 11 is 12.0. The molecule has 2 aromatic rings. The molecule has 108 valence electrons. The number of nitrogens with zero attached hydrogens (tertiary/aromatic N) is 1. The summed E-state index contributed by atoms with van der Waals surface area (Å²) in [7, 11) is 0. The molecule has 0 saturated carbocycles. The van der Waals surface area contributed by atoms with Crippen LogP contribution in [0.15, 0.2) is 42.5 Å². The molecule has 1 unspecified atom stereocenters. The maximum atomic E-state index is 12.5. The van der Waals surface area contributed by atoms with Crippen LogP contribution in [-0.2, 0) is 6.42 Å². The van der Waals surface area contributed by atoms with Gasteiger partial charge in [0.05, 0.1) is 11.6 Å². The predicted octanol–water partition coefficient (Wildman–Crippen LogP) is 4.63. The highest BCUT2D eigenvalue weighted by Crippen LogP contribution is 2.32. The van der Waals surface area contributed by atoms with E-state index in [1.165, 1.54) is 5.56 Å². The van der Waals surface area contributed by atoms with Gasteiger partial charge >= 0.3 is 0 Å². The first kappa shape index (κ1) is 14.4. The quantitative estimate of drug-likeness (QED) is 0.769. The zero-order valence-electron chi connectivity index (χ0n) is 11.6. The lowest BCUT2D eigenvalue weighted by Gasteiger charge is -2.24. The summed E-state index contributed by atoms with van der Waals surface area (Å²) < 4.78 is 0. The lowest BCUT2D eigenvalue weighted by molar-refractivity contribution is 0.0998. The molecule has 0 fully saturated rings. The molecule has 1 aliphatic rings. The minimum Gasteiger partial charge on any atom is -0.361 e. The van der Waals surface area contributed by atoms with E-state index in [1.807, 2.05) is 12.1 Å². The van der Waals surface area contributed by atoms with Gasteiger partial charge in [-0.1, -0.05) is 41.4 Å². The van der Waals surface area contributed by atoms with Crippen LogP contribution >= 0.6 is 23.2 Å². The van der Waals surface area contributed by atoms with Crippen LogP contribution in [0.1, 0.15) is 22.8 Å². The van der Waals surface area contributed by atoms with Crippen LogP contribution in [0.4, 0.5) is 5.69 Å². The average molecular weight is 320 g/mol. The number of carbonyl (C=O) groups excluding carboxylic acids is 1. The molecule has 0 N–H and O–H groups in total. The lowest BCUT2D eigenvalue weighted by atomic mass is 10.1. The van der Waals surface area contributed by atoms with Crippen molar-refractivity contribution >= 4 is 34.7 Å². The molecule has 0 aromatic heterocycles. The Morgan fingerprint density at radius 2 is 2.00 bits per heavy atom. The van der Waals surface area contributed by atoms with E-state index in [0.717, 1.165) is 12.1 Å². The van der Waals surface area contributed by atoms with Gasteiger partial charge in [-0.15, -0.1) is 0 Å². The van der Waals surface area contributed by atoms with Crippen LogP contribution in [0.3, 0.4) is 0 Å². The highest BCUT2D eigenvalue weighted by Gasteiger charge is 2.27. The standard InChI is InChI=1S/C17H15Cl2NO/c1-11-8-12-4-2-3-5-16(12)20(11)10-17(21)14-7-6-13(18)9-15(14)19/h2-7,9,11H,8,10H2,1H3. The molecule has 1 atom stereocenters. The Balaban J connectivity index is 1.85. The van der Waals surface area contributed by atoms with E-state index >= 15 is 0 Å². The minimum atomic E-state index is 0.0141. The van der Waals surface area contributed by atoms with Crippen LogP contribution in [0.2, 0.25) is 10.0 Å². The summed E-state index contributed by atoms with van der Waals surface area (Å²) in [5.74, 6) is 0.0141. The van der Waals surface area contributed by atoms with Gasteiger partial charge in [0.1, 0.15) is 0 Å². The van der Waals surface area contributed by atoms with Gasteiger partial charge in [-0.05, 0) is 43.2 Å². The molecular weight excluding hydrogens is 305 g/mol. The fourth-order valence-corrected chi connectivity index (χ4v) is 3.34. The maximum Gasteiger partial charge on any atom is 0.183 e. The second kappa shape index (κ2) is 5.70. The van der Waals surface area contributed by atoms with Crippen molar-refractivity contribution in [1.29, 1.82) is 0 Å². The smallest absolute Gasteiger partial charge is 0.183 e. The Morgan fingerprint density at radius 3 is 2.76 bits per heavy atom. The van der Waals surface area contributed by atoms with Crippen molar-refractivity contribution in [3.05, 3.63) is 63.6 Å². The van der Waals surface area contributed by atoms with E-state index in [9.17, 15) is 4.79 Å². The fourth-order valence-electron chi connectivity index (χ4n) is 2.83. The minimum absolute atomic E-state index is 0.0141. The second-order valence-electron chi connectivity index (χ2n) is 5.36. The Morgan fingerprint density at radius 1 is 1.24 bits per heavy atom. The molecule has 3 rings (SSSR count). The largest absolute Gasteiger partial charge is 0.361 e. The number of hydrogen-bond donors (Lipinski definition) is 0. The topological polar surface area (TPSA) is 20.3 Å². The Kier molecular flexibility index (Phi) is 3.92. The van der Waals surface area contributed by atoms with Crippen LogP contribution in [0.25, 0.3) is 0 Å². The van der Waals surface area contributed by atoms with Crippen LogP contribution in [-0.4, -0.2) is 18.4 Å². The molecular formula is C17H15Cl2NO. The third-order valence-corrected chi connectivity index (χ3v) is 4.44. The normalized spacial score (nSPS) is 16.9. The summed E-state index contributed by atoms with van der Waals surface area (Å²) in [4.78, 5) is 14.7. The average Bonchev–Trinajstić information content (AvgIpc) is 2.75. The number of para-hydroxylation sites is 1. The predicted molar refractivity (Wildman–Crippen MR) is 87.7 cm³/mol. The number of rotatable bonds is 3. The molecule has 2 nitrogen and oxygen atoms in total. The number of carbonyl (C=O) groups is 1. The number of Topliss-reactive ketones (excluding diaryl/α,β-unsaturated/α-hetero) is 1. The third kappa shape index (κ3) is 2.78. The molecule has 2 aromatic carbocycles. The Bertz CT molecular complexity index is 699. The Labute approximate surface area is 134 Å². The lowest BCUT2D eigenvalue weighted by Crippen LogP contribution is -2.34. The van der Waals surface area contributed by atoms with E-state index in [0.29, 0.717) is 28.2 Å². The number of hydrogen-bond acceptors (Lipinski definition) is 2. The van der Waals surface area contributed by atoms with Crippen molar-refractivity contribution in [3.8, 4) is 0 Å². The van der Waals surface area contributed by atoms with Gasteiger partial charge in [0.25, 0.3) is 0 Å². The van der Waals surface area contributed by atoms with Crippen molar-refractivity contribution in [2.75, 3.05) is 11.4 Å². The molecule has 1 heterocycles. The maximum absolute atomic E-state index is 12.5. The van der Waals surface area contributed by atoms with Crippen molar-refractivity contribution < 1.29 is 4.79 Å². The monoisotopic (exact) mass is 319 g/mol. The molecule has 21 heavy (non-hydrogen) atoms. The SMILES string of the molecule is CC1Cc2ccccc2N1CC(=O)c1ccc(Cl)cc1Cl. The van der Waals surface area contributed by atoms with Crippen LogP contribution < -0.4 is 4.90 Å². The van der Waals surface area contributed by atoms with Gasteiger partial charge in [-0.25, -0.2) is 0 Å².